The number of hydrogen-bond acceptors (Lipinski definition) is 3. The van der Waals surface area contributed by atoms with Crippen molar-refractivity contribution in [1.29, 1.82) is 0 Å². The Hall–Kier alpha value is -1.59. The van der Waals surface area contributed by atoms with Crippen LogP contribution in [0.4, 0.5) is 11.4 Å². The van der Waals surface area contributed by atoms with Crippen molar-refractivity contribution in [1.82, 2.24) is 5.32 Å². The normalized spacial score (nSPS) is 17.2. The topological polar surface area (TPSA) is 70.2 Å². The van der Waals surface area contributed by atoms with Crippen LogP contribution in [0.3, 0.4) is 0 Å². The van der Waals surface area contributed by atoms with Crippen LogP contribution < -0.4 is 16.0 Å². The molecule has 1 saturated heterocycles. The molecule has 1 atom stereocenters. The fourth-order valence-corrected chi connectivity index (χ4v) is 2.17. The molecule has 0 spiro atoms. The predicted molar refractivity (Wildman–Crippen MR) is 82.3 cm³/mol. The van der Waals surface area contributed by atoms with E-state index in [9.17, 15) is 9.59 Å². The van der Waals surface area contributed by atoms with Gasteiger partial charge in [0, 0.05) is 13.5 Å². The Kier molecular flexibility index (Phi) is 5.98. The van der Waals surface area contributed by atoms with E-state index in [0.717, 1.165) is 18.5 Å². The summed E-state index contributed by atoms with van der Waals surface area (Å²) in [6.07, 6.45) is 0.854. The van der Waals surface area contributed by atoms with E-state index in [1.165, 1.54) is 6.92 Å². The number of aryl methyl sites for hydroxylation is 1. The van der Waals surface area contributed by atoms with Crippen molar-refractivity contribution < 1.29 is 9.59 Å². The summed E-state index contributed by atoms with van der Waals surface area (Å²) in [5.41, 5.74) is 2.33. The highest BCUT2D eigenvalue weighted by Gasteiger charge is 2.23. The third-order valence-corrected chi connectivity index (χ3v) is 3.17. The standard InChI is InChI=1S/C14H19N3O2.ClH/c1-9-3-4-12(16-10(2)18)13(7-9)17-14(19)11-5-6-15-8-11;/h3-4,7,11,15H,5-6,8H2,1-2H3,(H,16,18)(H,17,19);1H. The summed E-state index contributed by atoms with van der Waals surface area (Å²) in [4.78, 5) is 23.3. The molecule has 0 aliphatic carbocycles. The maximum atomic E-state index is 12.1. The van der Waals surface area contributed by atoms with Gasteiger partial charge in [0.1, 0.15) is 0 Å². The van der Waals surface area contributed by atoms with E-state index >= 15 is 0 Å². The number of nitrogens with one attached hydrogen (secondary N) is 3. The molecule has 6 heteroatoms. The quantitative estimate of drug-likeness (QED) is 0.798. The monoisotopic (exact) mass is 297 g/mol. The fraction of sp³-hybridized carbons (Fsp3) is 0.429. The van der Waals surface area contributed by atoms with Crippen molar-refractivity contribution in [3.8, 4) is 0 Å². The summed E-state index contributed by atoms with van der Waals surface area (Å²) in [6, 6.07) is 5.57. The number of halogens is 1. The Labute approximate surface area is 124 Å². The first-order valence-electron chi connectivity index (χ1n) is 6.46. The zero-order valence-corrected chi connectivity index (χ0v) is 12.5. The van der Waals surface area contributed by atoms with Gasteiger partial charge in [-0.1, -0.05) is 6.07 Å². The SMILES string of the molecule is CC(=O)Nc1ccc(C)cc1NC(=O)C1CCNC1.Cl. The Bertz CT molecular complexity index is 499. The summed E-state index contributed by atoms with van der Waals surface area (Å²) >= 11 is 0. The molecule has 2 rings (SSSR count). The summed E-state index contributed by atoms with van der Waals surface area (Å²) in [7, 11) is 0. The van der Waals surface area contributed by atoms with Gasteiger partial charge in [0.25, 0.3) is 0 Å². The Morgan fingerprint density at radius 2 is 2.00 bits per heavy atom. The van der Waals surface area contributed by atoms with E-state index in [4.69, 9.17) is 0 Å². The van der Waals surface area contributed by atoms with Gasteiger partial charge in [-0.05, 0) is 37.6 Å². The predicted octanol–water partition coefficient (Wildman–Crippen LogP) is 1.92. The van der Waals surface area contributed by atoms with Crippen molar-refractivity contribution in [2.75, 3.05) is 23.7 Å². The van der Waals surface area contributed by atoms with Gasteiger partial charge in [-0.15, -0.1) is 12.4 Å². The Balaban J connectivity index is 0.00000200. The second-order valence-corrected chi connectivity index (χ2v) is 4.91. The van der Waals surface area contributed by atoms with E-state index in [1.807, 2.05) is 19.1 Å². The third-order valence-electron chi connectivity index (χ3n) is 3.17. The lowest BCUT2D eigenvalue weighted by Crippen LogP contribution is -2.25. The molecule has 0 radical (unpaired) electrons. The van der Waals surface area contributed by atoms with Crippen molar-refractivity contribution in [2.45, 2.75) is 20.3 Å². The third kappa shape index (κ3) is 4.21. The van der Waals surface area contributed by atoms with Crippen LogP contribution >= 0.6 is 12.4 Å². The van der Waals surface area contributed by atoms with Gasteiger partial charge in [0.05, 0.1) is 17.3 Å². The molecule has 0 saturated carbocycles. The molecular weight excluding hydrogens is 278 g/mol. The van der Waals surface area contributed by atoms with Crippen molar-refractivity contribution in [3.05, 3.63) is 23.8 Å². The molecule has 5 nitrogen and oxygen atoms in total. The molecule has 2 amide bonds. The molecule has 1 aliphatic rings. The summed E-state index contributed by atoms with van der Waals surface area (Å²) < 4.78 is 0. The first kappa shape index (κ1) is 16.5. The number of carbonyl (C=O) groups is 2. The number of carbonyl (C=O) groups excluding carboxylic acids is 2. The summed E-state index contributed by atoms with van der Waals surface area (Å²) in [6.45, 7) is 4.99. The molecule has 1 aliphatic heterocycles. The number of amides is 2. The second kappa shape index (κ2) is 7.26. The average Bonchev–Trinajstić information content (AvgIpc) is 2.86. The van der Waals surface area contributed by atoms with Crippen LogP contribution in [-0.4, -0.2) is 24.9 Å². The molecule has 1 aromatic rings. The minimum atomic E-state index is -0.151. The van der Waals surface area contributed by atoms with Crippen LogP contribution in [0.1, 0.15) is 18.9 Å². The van der Waals surface area contributed by atoms with E-state index in [1.54, 1.807) is 6.07 Å². The molecule has 1 fully saturated rings. The minimum absolute atomic E-state index is 0. The zero-order valence-electron chi connectivity index (χ0n) is 11.7. The molecule has 0 bridgehead atoms. The first-order chi connectivity index (χ1) is 9.06. The van der Waals surface area contributed by atoms with Gasteiger partial charge < -0.3 is 16.0 Å². The van der Waals surface area contributed by atoms with Crippen molar-refractivity contribution in [3.63, 3.8) is 0 Å². The van der Waals surface area contributed by atoms with Gasteiger partial charge in [-0.3, -0.25) is 9.59 Å². The molecule has 110 valence electrons. The lowest BCUT2D eigenvalue weighted by atomic mass is 10.1. The van der Waals surface area contributed by atoms with Crippen LogP contribution in [0.2, 0.25) is 0 Å². The highest BCUT2D eigenvalue weighted by Crippen LogP contribution is 2.24. The fourth-order valence-electron chi connectivity index (χ4n) is 2.17. The number of hydrogen-bond donors (Lipinski definition) is 3. The van der Waals surface area contributed by atoms with Crippen molar-refractivity contribution in [2.24, 2.45) is 5.92 Å². The van der Waals surface area contributed by atoms with E-state index in [2.05, 4.69) is 16.0 Å². The van der Waals surface area contributed by atoms with E-state index < -0.39 is 0 Å². The molecule has 1 heterocycles. The molecule has 1 aromatic carbocycles. The van der Waals surface area contributed by atoms with Crippen LogP contribution in [0.25, 0.3) is 0 Å². The second-order valence-electron chi connectivity index (χ2n) is 4.91. The van der Waals surface area contributed by atoms with Crippen LogP contribution in [0.5, 0.6) is 0 Å². The summed E-state index contributed by atoms with van der Waals surface area (Å²) in [5.74, 6) is -0.144. The Morgan fingerprint density at radius 3 is 2.60 bits per heavy atom. The highest BCUT2D eigenvalue weighted by atomic mass is 35.5. The van der Waals surface area contributed by atoms with Crippen LogP contribution in [0, 0.1) is 12.8 Å². The maximum absolute atomic E-state index is 12.1. The number of rotatable bonds is 3. The van der Waals surface area contributed by atoms with Gasteiger partial charge in [-0.2, -0.15) is 0 Å². The molecule has 3 N–H and O–H groups in total. The highest BCUT2D eigenvalue weighted by molar-refractivity contribution is 5.99. The number of benzene rings is 1. The Morgan fingerprint density at radius 1 is 1.25 bits per heavy atom. The minimum Gasteiger partial charge on any atom is -0.325 e. The van der Waals surface area contributed by atoms with E-state index in [0.29, 0.717) is 17.9 Å². The largest absolute Gasteiger partial charge is 0.325 e. The van der Waals surface area contributed by atoms with Gasteiger partial charge in [-0.25, -0.2) is 0 Å². The number of anilines is 2. The smallest absolute Gasteiger partial charge is 0.228 e. The molecule has 20 heavy (non-hydrogen) atoms. The average molecular weight is 298 g/mol. The van der Waals surface area contributed by atoms with Gasteiger partial charge in [0.15, 0.2) is 0 Å². The molecule has 0 aromatic heterocycles. The van der Waals surface area contributed by atoms with Crippen LogP contribution in [-0.2, 0) is 9.59 Å². The zero-order chi connectivity index (χ0) is 13.8. The molecular formula is C14H20ClN3O2. The molecule has 1 unspecified atom stereocenters. The van der Waals surface area contributed by atoms with E-state index in [-0.39, 0.29) is 30.1 Å². The summed E-state index contributed by atoms with van der Waals surface area (Å²) in [5, 5.41) is 8.80. The lowest BCUT2D eigenvalue weighted by Gasteiger charge is -2.14. The van der Waals surface area contributed by atoms with Crippen molar-refractivity contribution >= 4 is 35.6 Å². The maximum Gasteiger partial charge on any atom is 0.228 e. The first-order valence-corrected chi connectivity index (χ1v) is 6.46. The van der Waals surface area contributed by atoms with Crippen LogP contribution in [0.15, 0.2) is 18.2 Å². The van der Waals surface area contributed by atoms with Gasteiger partial charge in [0.2, 0.25) is 11.8 Å². The van der Waals surface area contributed by atoms with Gasteiger partial charge >= 0.3 is 0 Å². The lowest BCUT2D eigenvalue weighted by molar-refractivity contribution is -0.119.